The van der Waals surface area contributed by atoms with Crippen LogP contribution in [-0.2, 0) is 28.1 Å². The standard InChI is InChI=1S/C13H5F6N3O4S2/c14-12(15,16)5-1-8(28(24)25)9(20-3-5)11-22-7-2-6(4-21-10(7)26-11)27(23)13(17,18)19/h1-4H,(H,24,25)/p-1. The Morgan fingerprint density at radius 3 is 2.25 bits per heavy atom. The van der Waals surface area contributed by atoms with Crippen LogP contribution in [0, 0.1) is 0 Å². The molecule has 0 aliphatic carbocycles. The first-order valence-corrected chi connectivity index (χ1v) is 9.02. The number of nitrogens with zero attached hydrogens (tertiary/aromatic N) is 3. The molecule has 150 valence electrons. The van der Waals surface area contributed by atoms with E-state index in [0.29, 0.717) is 18.5 Å². The summed E-state index contributed by atoms with van der Waals surface area (Å²) in [5.74, 6) is -0.592. The van der Waals surface area contributed by atoms with Gasteiger partial charge < -0.3 is 8.97 Å². The smallest absolute Gasteiger partial charge is 0.475 e. The number of halogens is 6. The summed E-state index contributed by atoms with van der Waals surface area (Å²) in [7, 11) is -3.40. The van der Waals surface area contributed by atoms with Crippen molar-refractivity contribution in [3.63, 3.8) is 0 Å². The Labute approximate surface area is 155 Å². The molecule has 2 unspecified atom stereocenters. The van der Waals surface area contributed by atoms with Gasteiger partial charge in [0.05, 0.1) is 15.4 Å². The number of rotatable bonds is 3. The summed E-state index contributed by atoms with van der Waals surface area (Å²) < 4.78 is 115. The van der Waals surface area contributed by atoms with Crippen LogP contribution < -0.4 is 0 Å². The Balaban J connectivity index is 2.12. The van der Waals surface area contributed by atoms with Gasteiger partial charge >= 0.3 is 11.7 Å². The highest BCUT2D eigenvalue weighted by atomic mass is 32.2. The van der Waals surface area contributed by atoms with E-state index in [0.717, 1.165) is 6.07 Å². The number of fused-ring (bicyclic) bond motifs is 1. The van der Waals surface area contributed by atoms with Crippen molar-refractivity contribution < 1.29 is 43.7 Å². The summed E-state index contributed by atoms with van der Waals surface area (Å²) in [5, 5.41) is 0. The normalized spacial score (nSPS) is 15.0. The third-order valence-electron chi connectivity index (χ3n) is 3.21. The van der Waals surface area contributed by atoms with Crippen molar-refractivity contribution in [2.75, 3.05) is 0 Å². The topological polar surface area (TPSA) is 109 Å². The minimum absolute atomic E-state index is 0.303. The molecule has 0 bridgehead atoms. The first-order chi connectivity index (χ1) is 12.9. The minimum atomic E-state index is -5.05. The number of pyridine rings is 2. The fourth-order valence-corrected chi connectivity index (χ4v) is 3.18. The average Bonchev–Trinajstić information content (AvgIpc) is 3.01. The van der Waals surface area contributed by atoms with Gasteiger partial charge in [0.15, 0.2) is 10.8 Å². The van der Waals surface area contributed by atoms with Gasteiger partial charge in [-0.15, -0.1) is 0 Å². The zero-order valence-electron chi connectivity index (χ0n) is 12.9. The van der Waals surface area contributed by atoms with Crippen molar-refractivity contribution in [1.29, 1.82) is 0 Å². The largest absolute Gasteiger partial charge is 0.768 e. The zero-order valence-corrected chi connectivity index (χ0v) is 14.5. The molecule has 3 rings (SSSR count). The molecule has 3 aromatic rings. The van der Waals surface area contributed by atoms with E-state index in [9.17, 15) is 39.3 Å². The van der Waals surface area contributed by atoms with Gasteiger partial charge in [-0.2, -0.15) is 26.3 Å². The average molecular weight is 444 g/mol. The van der Waals surface area contributed by atoms with Gasteiger partial charge in [-0.25, -0.2) is 19.2 Å². The summed E-state index contributed by atoms with van der Waals surface area (Å²) in [5.41, 5.74) is -7.68. The zero-order chi connectivity index (χ0) is 20.9. The molecule has 0 fully saturated rings. The maximum absolute atomic E-state index is 12.7. The molecule has 3 aromatic heterocycles. The van der Waals surface area contributed by atoms with Gasteiger partial charge in [-0.05, 0) is 23.2 Å². The maximum Gasteiger partial charge on any atom is 0.475 e. The summed E-state index contributed by atoms with van der Waals surface area (Å²) >= 11 is -3.16. The highest BCUT2D eigenvalue weighted by Crippen LogP contribution is 2.34. The van der Waals surface area contributed by atoms with Crippen LogP contribution in [0.4, 0.5) is 26.3 Å². The quantitative estimate of drug-likeness (QED) is 0.451. The summed E-state index contributed by atoms with van der Waals surface area (Å²) in [6.45, 7) is 0. The number of oxazole rings is 1. The second kappa shape index (κ2) is 6.89. The molecule has 0 aliphatic rings. The van der Waals surface area contributed by atoms with Crippen LogP contribution in [0.15, 0.2) is 38.7 Å². The van der Waals surface area contributed by atoms with Gasteiger partial charge in [-0.1, -0.05) is 0 Å². The monoisotopic (exact) mass is 444 g/mol. The second-order valence-corrected chi connectivity index (χ2v) is 7.41. The molecule has 15 heteroatoms. The Morgan fingerprint density at radius 2 is 1.68 bits per heavy atom. The predicted octanol–water partition coefficient (Wildman–Crippen LogP) is 3.17. The van der Waals surface area contributed by atoms with Gasteiger partial charge in [0.25, 0.3) is 0 Å². The van der Waals surface area contributed by atoms with Crippen molar-refractivity contribution in [3.8, 4) is 11.6 Å². The second-order valence-electron chi connectivity index (χ2n) is 5.03. The minimum Gasteiger partial charge on any atom is -0.768 e. The van der Waals surface area contributed by atoms with Crippen molar-refractivity contribution in [1.82, 2.24) is 15.0 Å². The molecule has 0 radical (unpaired) electrons. The van der Waals surface area contributed by atoms with Gasteiger partial charge in [0.1, 0.15) is 11.2 Å². The van der Waals surface area contributed by atoms with Crippen molar-refractivity contribution in [2.45, 2.75) is 21.5 Å². The number of hydrogen-bond acceptors (Lipinski definition) is 7. The van der Waals surface area contributed by atoms with Crippen LogP contribution >= 0.6 is 0 Å². The SMILES string of the molecule is O=S([O-])c1cc(C(F)(F)F)cnc1-c1nc2cc(S(=O)C(F)(F)F)cnc2o1. The maximum atomic E-state index is 12.7. The third kappa shape index (κ3) is 3.90. The van der Waals surface area contributed by atoms with Gasteiger partial charge in [0, 0.05) is 12.4 Å². The lowest BCUT2D eigenvalue weighted by Crippen LogP contribution is -2.16. The molecular weight excluding hydrogens is 440 g/mol. The summed E-state index contributed by atoms with van der Waals surface area (Å²) in [4.78, 5) is 8.96. The number of alkyl halides is 6. The third-order valence-corrected chi connectivity index (χ3v) is 4.95. The Kier molecular flexibility index (Phi) is 5.01. The Morgan fingerprint density at radius 1 is 1.00 bits per heavy atom. The van der Waals surface area contributed by atoms with Crippen LogP contribution in [0.2, 0.25) is 0 Å². The first kappa shape index (κ1) is 20.3. The van der Waals surface area contributed by atoms with E-state index in [-0.39, 0.29) is 11.2 Å². The number of aromatic nitrogens is 3. The van der Waals surface area contributed by atoms with Crippen LogP contribution in [0.3, 0.4) is 0 Å². The molecule has 0 saturated carbocycles. The van der Waals surface area contributed by atoms with Gasteiger partial charge in [-0.3, -0.25) is 4.21 Å². The van der Waals surface area contributed by atoms with Crippen molar-refractivity contribution in [2.24, 2.45) is 0 Å². The van der Waals surface area contributed by atoms with Gasteiger partial charge in [0.2, 0.25) is 11.6 Å². The fourth-order valence-electron chi connectivity index (χ4n) is 2.03. The van der Waals surface area contributed by atoms with Crippen LogP contribution in [0.1, 0.15) is 5.56 Å². The summed E-state index contributed by atoms with van der Waals surface area (Å²) in [6.07, 6.45) is -3.90. The van der Waals surface area contributed by atoms with E-state index < -0.39 is 60.5 Å². The molecule has 0 amide bonds. The number of hydrogen-bond donors (Lipinski definition) is 0. The molecule has 0 spiro atoms. The highest BCUT2D eigenvalue weighted by molar-refractivity contribution is 7.86. The molecule has 7 nitrogen and oxygen atoms in total. The van der Waals surface area contributed by atoms with Crippen LogP contribution in [0.25, 0.3) is 22.8 Å². The Bertz CT molecular complexity index is 1110. The Hall–Kier alpha value is -2.39. The lowest BCUT2D eigenvalue weighted by atomic mass is 10.2. The van der Waals surface area contributed by atoms with Crippen LogP contribution in [-0.4, -0.2) is 33.4 Å². The van der Waals surface area contributed by atoms with E-state index in [1.165, 1.54) is 0 Å². The molecule has 2 atom stereocenters. The van der Waals surface area contributed by atoms with Crippen molar-refractivity contribution >= 4 is 33.1 Å². The molecule has 0 N–H and O–H groups in total. The predicted molar refractivity (Wildman–Crippen MR) is 79.7 cm³/mol. The van der Waals surface area contributed by atoms with E-state index >= 15 is 0 Å². The van der Waals surface area contributed by atoms with E-state index in [1.54, 1.807) is 0 Å². The highest BCUT2D eigenvalue weighted by Gasteiger charge is 2.38. The van der Waals surface area contributed by atoms with E-state index in [4.69, 9.17) is 4.42 Å². The lowest BCUT2D eigenvalue weighted by molar-refractivity contribution is -0.138. The van der Waals surface area contributed by atoms with Crippen molar-refractivity contribution in [3.05, 3.63) is 30.1 Å². The summed E-state index contributed by atoms with van der Waals surface area (Å²) in [6, 6.07) is 1.05. The molecular formula is C13H4F6N3O4S2-. The molecule has 0 aliphatic heterocycles. The first-order valence-electron chi connectivity index (χ1n) is 6.80. The molecule has 0 aromatic carbocycles. The molecule has 3 heterocycles. The molecule has 0 saturated heterocycles. The molecule has 28 heavy (non-hydrogen) atoms. The van der Waals surface area contributed by atoms with E-state index in [2.05, 4.69) is 15.0 Å². The van der Waals surface area contributed by atoms with E-state index in [1.807, 2.05) is 0 Å². The lowest BCUT2D eigenvalue weighted by Gasteiger charge is -2.12. The fraction of sp³-hybridized carbons (Fsp3) is 0.154. The van der Waals surface area contributed by atoms with Crippen LogP contribution in [0.5, 0.6) is 0 Å².